The molecule has 3 aromatic rings. The van der Waals surface area contributed by atoms with Crippen LogP contribution in [0.1, 0.15) is 11.3 Å². The molecule has 0 aliphatic rings. The van der Waals surface area contributed by atoms with Crippen LogP contribution >= 0.6 is 22.9 Å². The molecule has 3 amide bonds. The zero-order chi connectivity index (χ0) is 20.6. The smallest absolute Gasteiger partial charge is 0.325 e. The number of carbonyl (C=O) groups is 2. The van der Waals surface area contributed by atoms with Crippen molar-refractivity contribution in [2.24, 2.45) is 0 Å². The Morgan fingerprint density at radius 3 is 2.69 bits per heavy atom. The van der Waals surface area contributed by atoms with Crippen molar-refractivity contribution in [1.29, 1.82) is 0 Å². The van der Waals surface area contributed by atoms with Gasteiger partial charge in [0.05, 0.1) is 19.2 Å². The zero-order valence-electron chi connectivity index (χ0n) is 15.6. The number of aromatic nitrogens is 1. The predicted molar refractivity (Wildman–Crippen MR) is 115 cm³/mol. The molecule has 1 heterocycles. The molecule has 3 N–H and O–H groups in total. The minimum atomic E-state index is -0.421. The third-order valence-electron chi connectivity index (χ3n) is 3.84. The van der Waals surface area contributed by atoms with Gasteiger partial charge in [0, 0.05) is 22.6 Å². The Balaban J connectivity index is 1.47. The normalized spacial score (nSPS) is 10.3. The van der Waals surface area contributed by atoms with E-state index in [1.54, 1.807) is 36.8 Å². The summed E-state index contributed by atoms with van der Waals surface area (Å²) in [7, 11) is 1.60. The minimum absolute atomic E-state index is 0.126. The maximum absolute atomic E-state index is 12.2. The Morgan fingerprint density at radius 2 is 1.93 bits per heavy atom. The quantitative estimate of drug-likeness (QED) is 0.520. The number of thiazole rings is 1. The van der Waals surface area contributed by atoms with Crippen LogP contribution in [0.5, 0.6) is 5.75 Å². The molecule has 7 nitrogen and oxygen atoms in total. The SMILES string of the molecule is COc1cccc(CNC(=O)Cc2csc(NC(=O)Nc3ccc(Cl)cc3)n2)c1. The number of halogens is 1. The molecule has 0 radical (unpaired) electrons. The lowest BCUT2D eigenvalue weighted by Gasteiger charge is -2.06. The summed E-state index contributed by atoms with van der Waals surface area (Å²) in [5, 5.41) is 10.9. The third-order valence-corrected chi connectivity index (χ3v) is 4.90. The van der Waals surface area contributed by atoms with Crippen LogP contribution in [0.15, 0.2) is 53.9 Å². The number of methoxy groups -OCH3 is 1. The second-order valence-corrected chi connectivity index (χ2v) is 7.33. The lowest BCUT2D eigenvalue weighted by molar-refractivity contribution is -0.120. The van der Waals surface area contributed by atoms with E-state index in [0.29, 0.717) is 28.1 Å². The molecule has 0 aliphatic heterocycles. The van der Waals surface area contributed by atoms with Gasteiger partial charge in [-0.2, -0.15) is 0 Å². The van der Waals surface area contributed by atoms with Crippen LogP contribution in [0, 0.1) is 0 Å². The number of nitrogens with zero attached hydrogens (tertiary/aromatic N) is 1. The Labute approximate surface area is 177 Å². The van der Waals surface area contributed by atoms with Crippen LogP contribution in [0.3, 0.4) is 0 Å². The average Bonchev–Trinajstić information content (AvgIpc) is 3.14. The Hall–Kier alpha value is -3.10. The van der Waals surface area contributed by atoms with Gasteiger partial charge in [-0.3, -0.25) is 10.1 Å². The van der Waals surface area contributed by atoms with Gasteiger partial charge in [0.1, 0.15) is 5.75 Å². The van der Waals surface area contributed by atoms with Gasteiger partial charge < -0.3 is 15.4 Å². The van der Waals surface area contributed by atoms with Gasteiger partial charge >= 0.3 is 6.03 Å². The van der Waals surface area contributed by atoms with E-state index in [2.05, 4.69) is 20.9 Å². The lowest BCUT2D eigenvalue weighted by Crippen LogP contribution is -2.24. The lowest BCUT2D eigenvalue weighted by atomic mass is 10.2. The van der Waals surface area contributed by atoms with Crippen LogP contribution in [0.25, 0.3) is 0 Å². The first-order valence-corrected chi connectivity index (χ1v) is 9.95. The van der Waals surface area contributed by atoms with Crippen molar-refractivity contribution in [2.45, 2.75) is 13.0 Å². The first kappa shape index (κ1) is 20.6. The molecule has 1 aromatic heterocycles. The highest BCUT2D eigenvalue weighted by Crippen LogP contribution is 2.18. The van der Waals surface area contributed by atoms with Gasteiger partial charge in [0.2, 0.25) is 5.91 Å². The van der Waals surface area contributed by atoms with Crippen LogP contribution in [0.4, 0.5) is 15.6 Å². The second kappa shape index (κ2) is 9.90. The van der Waals surface area contributed by atoms with E-state index in [0.717, 1.165) is 11.3 Å². The number of hydrogen-bond donors (Lipinski definition) is 3. The molecule has 0 spiro atoms. The van der Waals surface area contributed by atoms with E-state index in [1.807, 2.05) is 24.3 Å². The topological polar surface area (TPSA) is 92.4 Å². The summed E-state index contributed by atoms with van der Waals surface area (Å²) in [5.74, 6) is 0.583. The summed E-state index contributed by atoms with van der Waals surface area (Å²) in [6.45, 7) is 0.398. The molecule has 0 atom stereocenters. The van der Waals surface area contributed by atoms with Gasteiger partial charge in [0.15, 0.2) is 5.13 Å². The molecule has 0 unspecified atom stereocenters. The number of carbonyl (C=O) groups excluding carboxylic acids is 2. The minimum Gasteiger partial charge on any atom is -0.497 e. The van der Waals surface area contributed by atoms with Crippen LogP contribution in [0.2, 0.25) is 5.02 Å². The first-order chi connectivity index (χ1) is 14.0. The van der Waals surface area contributed by atoms with Crippen molar-refractivity contribution in [1.82, 2.24) is 10.3 Å². The Kier molecular flexibility index (Phi) is 7.04. The van der Waals surface area contributed by atoms with Crippen LogP contribution < -0.4 is 20.7 Å². The van der Waals surface area contributed by atoms with Gasteiger partial charge in [-0.25, -0.2) is 9.78 Å². The van der Waals surface area contributed by atoms with Crippen molar-refractivity contribution >= 4 is 45.7 Å². The monoisotopic (exact) mass is 430 g/mol. The Morgan fingerprint density at radius 1 is 1.14 bits per heavy atom. The molecule has 29 heavy (non-hydrogen) atoms. The standard InChI is InChI=1S/C20H19ClN4O3S/c1-28-17-4-2-3-13(9-17)11-22-18(26)10-16-12-29-20(24-16)25-19(27)23-15-7-5-14(21)6-8-15/h2-9,12H,10-11H2,1H3,(H,22,26)(H2,23,24,25,27). The van der Waals surface area contributed by atoms with Gasteiger partial charge in [-0.1, -0.05) is 23.7 Å². The highest BCUT2D eigenvalue weighted by Gasteiger charge is 2.10. The Bertz CT molecular complexity index is 991. The van der Waals surface area contributed by atoms with Crippen LogP contribution in [-0.2, 0) is 17.8 Å². The number of amides is 3. The average molecular weight is 431 g/mol. The van der Waals surface area contributed by atoms with Crippen molar-refractivity contribution < 1.29 is 14.3 Å². The molecule has 3 rings (SSSR count). The fourth-order valence-electron chi connectivity index (χ4n) is 2.45. The molecule has 0 saturated heterocycles. The van der Waals surface area contributed by atoms with E-state index in [4.69, 9.17) is 16.3 Å². The van der Waals surface area contributed by atoms with Gasteiger partial charge in [-0.05, 0) is 42.0 Å². The number of hydrogen-bond acceptors (Lipinski definition) is 5. The van der Waals surface area contributed by atoms with Gasteiger partial charge in [0.25, 0.3) is 0 Å². The maximum atomic E-state index is 12.2. The second-order valence-electron chi connectivity index (χ2n) is 6.04. The van der Waals surface area contributed by atoms with Gasteiger partial charge in [-0.15, -0.1) is 11.3 Å². The number of nitrogens with one attached hydrogen (secondary N) is 3. The number of ether oxygens (including phenoxy) is 1. The fourth-order valence-corrected chi connectivity index (χ4v) is 3.28. The van der Waals surface area contributed by atoms with Crippen molar-refractivity contribution in [3.63, 3.8) is 0 Å². The summed E-state index contributed by atoms with van der Waals surface area (Å²) in [4.78, 5) is 28.5. The number of anilines is 2. The zero-order valence-corrected chi connectivity index (χ0v) is 17.1. The fraction of sp³-hybridized carbons (Fsp3) is 0.150. The van der Waals surface area contributed by atoms with Crippen molar-refractivity contribution in [3.8, 4) is 5.75 Å². The molecule has 0 aliphatic carbocycles. The summed E-state index contributed by atoms with van der Waals surface area (Å²) in [6, 6.07) is 13.8. The number of rotatable bonds is 7. The molecule has 0 bridgehead atoms. The summed E-state index contributed by atoms with van der Waals surface area (Å²) in [6.07, 6.45) is 0.126. The van der Waals surface area contributed by atoms with E-state index < -0.39 is 6.03 Å². The highest BCUT2D eigenvalue weighted by atomic mass is 35.5. The van der Waals surface area contributed by atoms with E-state index in [-0.39, 0.29) is 12.3 Å². The first-order valence-electron chi connectivity index (χ1n) is 8.69. The molecule has 150 valence electrons. The molecule has 0 saturated carbocycles. The largest absolute Gasteiger partial charge is 0.497 e. The summed E-state index contributed by atoms with van der Waals surface area (Å²) < 4.78 is 5.17. The van der Waals surface area contributed by atoms with E-state index in [1.165, 1.54) is 11.3 Å². The number of urea groups is 1. The summed E-state index contributed by atoms with van der Waals surface area (Å²) >= 11 is 7.07. The van der Waals surface area contributed by atoms with E-state index >= 15 is 0 Å². The van der Waals surface area contributed by atoms with Crippen molar-refractivity contribution in [2.75, 3.05) is 17.7 Å². The van der Waals surface area contributed by atoms with Crippen LogP contribution in [-0.4, -0.2) is 24.0 Å². The molecule has 2 aromatic carbocycles. The summed E-state index contributed by atoms with van der Waals surface area (Å²) in [5.41, 5.74) is 2.14. The highest BCUT2D eigenvalue weighted by molar-refractivity contribution is 7.14. The molecule has 9 heteroatoms. The van der Waals surface area contributed by atoms with E-state index in [9.17, 15) is 9.59 Å². The molecular weight excluding hydrogens is 412 g/mol. The molecule has 0 fully saturated rings. The molecular formula is C20H19ClN4O3S. The number of benzene rings is 2. The van der Waals surface area contributed by atoms with Crippen molar-refractivity contribution in [3.05, 3.63) is 70.2 Å². The maximum Gasteiger partial charge on any atom is 0.325 e. The predicted octanol–water partition coefficient (Wildman–Crippen LogP) is 4.31. The third kappa shape index (κ3) is 6.48.